The van der Waals surface area contributed by atoms with E-state index < -0.39 is 0 Å². The fraction of sp³-hybridized carbons (Fsp3) is 0.429. The standard InChI is InChI=1S/C14H18N4O3/c1-19-11-6-5-10(7-12(11)20-2)16-14-18-17-13(21-14)8-15-9-3-4-9/h5-7,9,15H,3-4,8H2,1-2H3,(H,16,18). The van der Waals surface area contributed by atoms with E-state index in [0.717, 1.165) is 5.69 Å². The number of benzene rings is 1. The van der Waals surface area contributed by atoms with E-state index in [1.807, 2.05) is 18.2 Å². The zero-order valence-corrected chi connectivity index (χ0v) is 12.0. The summed E-state index contributed by atoms with van der Waals surface area (Å²) < 4.78 is 16.0. The summed E-state index contributed by atoms with van der Waals surface area (Å²) in [5.41, 5.74) is 0.790. The molecule has 1 saturated carbocycles. The molecule has 1 aliphatic rings. The van der Waals surface area contributed by atoms with Crippen LogP contribution in [0.1, 0.15) is 18.7 Å². The van der Waals surface area contributed by atoms with Gasteiger partial charge in [0.1, 0.15) is 0 Å². The van der Waals surface area contributed by atoms with Crippen LogP contribution >= 0.6 is 0 Å². The summed E-state index contributed by atoms with van der Waals surface area (Å²) in [5, 5.41) is 14.3. The number of anilines is 2. The number of nitrogens with one attached hydrogen (secondary N) is 2. The third-order valence-electron chi connectivity index (χ3n) is 3.22. The second-order valence-corrected chi connectivity index (χ2v) is 4.85. The van der Waals surface area contributed by atoms with E-state index in [0.29, 0.717) is 36.0 Å². The summed E-state index contributed by atoms with van der Waals surface area (Å²) in [6, 6.07) is 6.44. The molecule has 21 heavy (non-hydrogen) atoms. The molecule has 1 aromatic carbocycles. The van der Waals surface area contributed by atoms with Gasteiger partial charge in [-0.2, -0.15) is 0 Å². The van der Waals surface area contributed by atoms with Gasteiger partial charge in [0.2, 0.25) is 5.89 Å². The van der Waals surface area contributed by atoms with Crippen LogP contribution in [0.3, 0.4) is 0 Å². The Balaban J connectivity index is 1.65. The largest absolute Gasteiger partial charge is 0.493 e. The summed E-state index contributed by atoms with van der Waals surface area (Å²) >= 11 is 0. The molecule has 0 atom stereocenters. The van der Waals surface area contributed by atoms with E-state index in [2.05, 4.69) is 20.8 Å². The van der Waals surface area contributed by atoms with Crippen molar-refractivity contribution in [2.75, 3.05) is 19.5 Å². The number of methoxy groups -OCH3 is 2. The van der Waals surface area contributed by atoms with Gasteiger partial charge in [-0.05, 0) is 25.0 Å². The van der Waals surface area contributed by atoms with Crippen molar-refractivity contribution < 1.29 is 13.9 Å². The van der Waals surface area contributed by atoms with E-state index in [1.165, 1.54) is 12.8 Å². The lowest BCUT2D eigenvalue weighted by molar-refractivity contribution is 0.355. The zero-order chi connectivity index (χ0) is 14.7. The van der Waals surface area contributed by atoms with E-state index in [9.17, 15) is 0 Å². The lowest BCUT2D eigenvalue weighted by Gasteiger charge is -2.09. The first-order valence-electron chi connectivity index (χ1n) is 6.83. The minimum absolute atomic E-state index is 0.356. The Bertz CT molecular complexity index is 610. The summed E-state index contributed by atoms with van der Waals surface area (Å²) in [4.78, 5) is 0. The van der Waals surface area contributed by atoms with Crippen LogP contribution < -0.4 is 20.1 Å². The summed E-state index contributed by atoms with van der Waals surface area (Å²) in [6.07, 6.45) is 2.45. The lowest BCUT2D eigenvalue weighted by atomic mass is 10.3. The van der Waals surface area contributed by atoms with Gasteiger partial charge in [-0.3, -0.25) is 0 Å². The molecule has 1 heterocycles. The van der Waals surface area contributed by atoms with Gasteiger partial charge in [-0.1, -0.05) is 5.10 Å². The maximum Gasteiger partial charge on any atom is 0.320 e. The molecule has 1 aromatic heterocycles. The van der Waals surface area contributed by atoms with Gasteiger partial charge >= 0.3 is 6.01 Å². The third-order valence-corrected chi connectivity index (χ3v) is 3.22. The van der Waals surface area contributed by atoms with E-state index >= 15 is 0 Å². The minimum Gasteiger partial charge on any atom is -0.493 e. The van der Waals surface area contributed by atoms with Crippen molar-refractivity contribution in [1.82, 2.24) is 15.5 Å². The molecule has 2 aromatic rings. The van der Waals surface area contributed by atoms with Gasteiger partial charge in [0.05, 0.1) is 20.8 Å². The van der Waals surface area contributed by atoms with Crippen LogP contribution in [0.15, 0.2) is 22.6 Å². The highest BCUT2D eigenvalue weighted by Gasteiger charge is 2.21. The number of ether oxygens (including phenoxy) is 2. The van der Waals surface area contributed by atoms with Gasteiger partial charge in [0.15, 0.2) is 11.5 Å². The van der Waals surface area contributed by atoms with Crippen LogP contribution in [0.5, 0.6) is 11.5 Å². The molecule has 0 amide bonds. The predicted molar refractivity (Wildman–Crippen MR) is 77.0 cm³/mol. The van der Waals surface area contributed by atoms with Crippen molar-refractivity contribution in [1.29, 1.82) is 0 Å². The number of hydrogen-bond donors (Lipinski definition) is 2. The monoisotopic (exact) mass is 290 g/mol. The Morgan fingerprint density at radius 2 is 2.00 bits per heavy atom. The summed E-state index contributed by atoms with van der Waals surface area (Å²) in [7, 11) is 3.19. The zero-order valence-electron chi connectivity index (χ0n) is 12.0. The first-order chi connectivity index (χ1) is 10.3. The molecule has 0 bridgehead atoms. The van der Waals surface area contributed by atoms with Crippen LogP contribution in [0.4, 0.5) is 11.7 Å². The van der Waals surface area contributed by atoms with Crippen molar-refractivity contribution in [2.45, 2.75) is 25.4 Å². The van der Waals surface area contributed by atoms with Crippen molar-refractivity contribution in [3.63, 3.8) is 0 Å². The maximum absolute atomic E-state index is 5.53. The number of aromatic nitrogens is 2. The average molecular weight is 290 g/mol. The average Bonchev–Trinajstić information content (AvgIpc) is 3.24. The smallest absolute Gasteiger partial charge is 0.320 e. The van der Waals surface area contributed by atoms with Crippen LogP contribution in [0.25, 0.3) is 0 Å². The molecule has 1 aliphatic carbocycles. The molecule has 0 saturated heterocycles. The second-order valence-electron chi connectivity index (χ2n) is 4.85. The highest BCUT2D eigenvalue weighted by atomic mass is 16.5. The molecule has 7 nitrogen and oxygen atoms in total. The fourth-order valence-corrected chi connectivity index (χ4v) is 1.93. The summed E-state index contributed by atoms with van der Waals surface area (Å²) in [5.74, 6) is 1.88. The molecule has 1 fully saturated rings. The molecule has 0 spiro atoms. The van der Waals surface area contributed by atoms with Gasteiger partial charge in [-0.15, -0.1) is 5.10 Å². The molecular formula is C14H18N4O3. The fourth-order valence-electron chi connectivity index (χ4n) is 1.93. The molecule has 7 heteroatoms. The Hall–Kier alpha value is -2.28. The molecule has 0 aliphatic heterocycles. The van der Waals surface area contributed by atoms with Crippen LogP contribution in [0, 0.1) is 0 Å². The normalized spacial score (nSPS) is 14.0. The quantitative estimate of drug-likeness (QED) is 0.808. The van der Waals surface area contributed by atoms with Crippen molar-refractivity contribution >= 4 is 11.7 Å². The number of rotatable bonds is 7. The van der Waals surface area contributed by atoms with E-state index in [-0.39, 0.29) is 0 Å². The van der Waals surface area contributed by atoms with Crippen molar-refractivity contribution in [2.24, 2.45) is 0 Å². The molecular weight excluding hydrogens is 272 g/mol. The first-order valence-corrected chi connectivity index (χ1v) is 6.83. The highest BCUT2D eigenvalue weighted by Crippen LogP contribution is 2.30. The van der Waals surface area contributed by atoms with Gasteiger partial charge in [0, 0.05) is 17.8 Å². The number of hydrogen-bond acceptors (Lipinski definition) is 7. The van der Waals surface area contributed by atoms with E-state index in [1.54, 1.807) is 14.2 Å². The van der Waals surface area contributed by atoms with Gasteiger partial charge < -0.3 is 24.5 Å². The van der Waals surface area contributed by atoms with Crippen molar-refractivity contribution in [3.05, 3.63) is 24.1 Å². The predicted octanol–water partition coefficient (Wildman–Crippen LogP) is 2.08. The van der Waals surface area contributed by atoms with E-state index in [4.69, 9.17) is 13.9 Å². The molecule has 0 radical (unpaired) electrons. The maximum atomic E-state index is 5.53. The Labute approximate surface area is 122 Å². The molecule has 2 N–H and O–H groups in total. The lowest BCUT2D eigenvalue weighted by Crippen LogP contribution is -2.15. The van der Waals surface area contributed by atoms with Crippen molar-refractivity contribution in [3.8, 4) is 11.5 Å². The van der Waals surface area contributed by atoms with Crippen LogP contribution in [0.2, 0.25) is 0 Å². The van der Waals surface area contributed by atoms with Crippen LogP contribution in [-0.2, 0) is 6.54 Å². The molecule has 0 unspecified atom stereocenters. The third kappa shape index (κ3) is 3.43. The van der Waals surface area contributed by atoms with Crippen LogP contribution in [-0.4, -0.2) is 30.5 Å². The summed E-state index contributed by atoms with van der Waals surface area (Å²) in [6.45, 7) is 0.602. The van der Waals surface area contributed by atoms with Gasteiger partial charge in [-0.25, -0.2) is 0 Å². The topological polar surface area (TPSA) is 81.4 Å². The minimum atomic E-state index is 0.356. The molecule has 112 valence electrons. The Kier molecular flexibility index (Phi) is 3.92. The highest BCUT2D eigenvalue weighted by molar-refractivity contribution is 5.58. The molecule has 3 rings (SSSR count). The SMILES string of the molecule is COc1ccc(Nc2nnc(CNC3CC3)o2)cc1OC. The Morgan fingerprint density at radius 1 is 1.19 bits per heavy atom. The first kappa shape index (κ1) is 13.7. The van der Waals surface area contributed by atoms with Gasteiger partial charge in [0.25, 0.3) is 0 Å². The number of nitrogens with zero attached hydrogens (tertiary/aromatic N) is 2. The second kappa shape index (κ2) is 6.01. The Morgan fingerprint density at radius 3 is 2.71 bits per heavy atom.